The van der Waals surface area contributed by atoms with Crippen molar-refractivity contribution in [3.05, 3.63) is 90.0 Å². The number of hydrogen-bond donors (Lipinski definition) is 2. The number of nitrogens with two attached hydrogens (primary N) is 1. The number of benzene rings is 3. The van der Waals surface area contributed by atoms with Gasteiger partial charge in [0.2, 0.25) is 5.91 Å². The van der Waals surface area contributed by atoms with E-state index >= 15 is 0 Å². The van der Waals surface area contributed by atoms with Gasteiger partial charge < -0.3 is 16.0 Å². The van der Waals surface area contributed by atoms with Gasteiger partial charge in [0, 0.05) is 49.0 Å². The minimum Gasteiger partial charge on any atom is -0.369 e. The molecular weight excluding hydrogens is 432 g/mol. The van der Waals surface area contributed by atoms with Gasteiger partial charge >= 0.3 is 0 Å². The van der Waals surface area contributed by atoms with Crippen molar-refractivity contribution in [3.8, 4) is 0 Å². The molecule has 3 aromatic rings. The summed E-state index contributed by atoms with van der Waals surface area (Å²) in [4.78, 5) is 29.5. The summed E-state index contributed by atoms with van der Waals surface area (Å²) in [5.41, 5.74) is 9.01. The highest BCUT2D eigenvalue weighted by Crippen LogP contribution is 2.24. The molecule has 0 radical (unpaired) electrons. The van der Waals surface area contributed by atoms with Crippen molar-refractivity contribution >= 4 is 35.0 Å². The number of primary amides is 1. The quantitative estimate of drug-likeness (QED) is 0.500. The molecule has 0 atom stereocenters. The molecule has 6 nitrogen and oxygen atoms in total. The average Bonchev–Trinajstić information content (AvgIpc) is 2.84. The second-order valence-corrected chi connectivity index (χ2v) is 9.02. The lowest BCUT2D eigenvalue weighted by Gasteiger charge is -2.36. The van der Waals surface area contributed by atoms with Crippen molar-refractivity contribution in [1.82, 2.24) is 4.90 Å². The van der Waals surface area contributed by atoms with E-state index in [9.17, 15) is 9.59 Å². The van der Waals surface area contributed by atoms with E-state index in [4.69, 9.17) is 5.73 Å². The van der Waals surface area contributed by atoms with Crippen LogP contribution < -0.4 is 16.0 Å². The smallest absolute Gasteiger partial charge is 0.256 e. The van der Waals surface area contributed by atoms with Gasteiger partial charge in [-0.3, -0.25) is 14.5 Å². The summed E-state index contributed by atoms with van der Waals surface area (Å²) in [6.07, 6.45) is 0. The Bertz CT molecular complexity index is 1080. The van der Waals surface area contributed by atoms with Crippen LogP contribution in [0.4, 0.5) is 11.4 Å². The maximum Gasteiger partial charge on any atom is 0.256 e. The van der Waals surface area contributed by atoms with Gasteiger partial charge in [-0.25, -0.2) is 0 Å². The van der Waals surface area contributed by atoms with Crippen LogP contribution in [0.1, 0.15) is 15.9 Å². The van der Waals surface area contributed by atoms with Crippen LogP contribution in [0, 0.1) is 0 Å². The van der Waals surface area contributed by atoms with E-state index in [0.29, 0.717) is 5.56 Å². The fourth-order valence-corrected chi connectivity index (χ4v) is 4.68. The molecule has 1 heterocycles. The van der Waals surface area contributed by atoms with Crippen LogP contribution in [0.5, 0.6) is 0 Å². The molecule has 1 fully saturated rings. The highest BCUT2D eigenvalue weighted by atomic mass is 32.2. The number of rotatable bonds is 8. The van der Waals surface area contributed by atoms with Crippen LogP contribution in [0.3, 0.4) is 0 Å². The number of anilines is 2. The lowest BCUT2D eigenvalue weighted by Crippen LogP contribution is -2.45. The molecule has 0 saturated carbocycles. The molecule has 0 spiro atoms. The standard InChI is InChI=1S/C26H28N4O2S/c27-25(31)19-33-24-9-5-4-8-23(24)26(32)28-21-10-12-22(13-11-21)30-16-14-29(15-17-30)18-20-6-2-1-3-7-20/h1-13H,14-19H2,(H2,27,31)(H,28,32). The minimum absolute atomic E-state index is 0.137. The maximum atomic E-state index is 12.8. The van der Waals surface area contributed by atoms with E-state index in [1.54, 1.807) is 6.07 Å². The largest absolute Gasteiger partial charge is 0.369 e. The Labute approximate surface area is 198 Å². The van der Waals surface area contributed by atoms with Gasteiger partial charge in [0.25, 0.3) is 5.91 Å². The summed E-state index contributed by atoms with van der Waals surface area (Å²) in [5, 5.41) is 2.96. The van der Waals surface area contributed by atoms with Gasteiger partial charge in [0.1, 0.15) is 0 Å². The predicted molar refractivity (Wildman–Crippen MR) is 135 cm³/mol. The van der Waals surface area contributed by atoms with E-state index in [-0.39, 0.29) is 11.7 Å². The number of nitrogens with zero attached hydrogens (tertiary/aromatic N) is 2. The Balaban J connectivity index is 1.32. The average molecular weight is 461 g/mol. The first-order valence-corrected chi connectivity index (χ1v) is 12.0. The normalized spacial score (nSPS) is 14.1. The second kappa shape index (κ2) is 11.0. The van der Waals surface area contributed by atoms with E-state index in [1.807, 2.05) is 30.3 Å². The van der Waals surface area contributed by atoms with E-state index in [2.05, 4.69) is 57.6 Å². The molecule has 0 aromatic heterocycles. The number of nitrogens with one attached hydrogen (secondary N) is 1. The molecule has 170 valence electrons. The first kappa shape index (κ1) is 22.9. The molecule has 1 aliphatic heterocycles. The molecule has 3 N–H and O–H groups in total. The molecule has 1 aliphatic rings. The SMILES string of the molecule is NC(=O)CSc1ccccc1C(=O)Nc1ccc(N2CCN(Cc3ccccc3)CC2)cc1. The van der Waals surface area contributed by atoms with Gasteiger partial charge in [0.05, 0.1) is 11.3 Å². The van der Waals surface area contributed by atoms with Gasteiger partial charge in [-0.1, -0.05) is 42.5 Å². The van der Waals surface area contributed by atoms with Crippen LogP contribution in [-0.4, -0.2) is 48.6 Å². The number of carbonyl (C=O) groups excluding carboxylic acids is 2. The Morgan fingerprint density at radius 3 is 2.21 bits per heavy atom. The summed E-state index contributed by atoms with van der Waals surface area (Å²) in [5.74, 6) is -0.478. The first-order chi connectivity index (χ1) is 16.1. The monoisotopic (exact) mass is 460 g/mol. The van der Waals surface area contributed by atoms with Crippen molar-refractivity contribution in [2.24, 2.45) is 5.73 Å². The summed E-state index contributed by atoms with van der Waals surface area (Å²) in [7, 11) is 0. The molecule has 0 unspecified atom stereocenters. The Hall–Kier alpha value is -3.29. The number of piperazine rings is 1. The fraction of sp³-hybridized carbons (Fsp3) is 0.231. The molecular formula is C26H28N4O2S. The van der Waals surface area contributed by atoms with Gasteiger partial charge in [-0.05, 0) is 42.0 Å². The highest BCUT2D eigenvalue weighted by Gasteiger charge is 2.18. The predicted octanol–water partition coefficient (Wildman–Crippen LogP) is 3.84. The number of thioether (sulfide) groups is 1. The molecule has 7 heteroatoms. The Morgan fingerprint density at radius 1 is 0.848 bits per heavy atom. The molecule has 33 heavy (non-hydrogen) atoms. The zero-order valence-corrected chi connectivity index (χ0v) is 19.3. The molecule has 0 bridgehead atoms. The summed E-state index contributed by atoms with van der Waals surface area (Å²) in [6, 6.07) is 25.8. The van der Waals surface area contributed by atoms with Crippen LogP contribution in [0.2, 0.25) is 0 Å². The lowest BCUT2D eigenvalue weighted by atomic mass is 10.1. The highest BCUT2D eigenvalue weighted by molar-refractivity contribution is 8.00. The van der Waals surface area contributed by atoms with Crippen LogP contribution in [0.25, 0.3) is 0 Å². The Kier molecular flexibility index (Phi) is 7.65. The second-order valence-electron chi connectivity index (χ2n) is 8.00. The third kappa shape index (κ3) is 6.37. The van der Waals surface area contributed by atoms with Crippen molar-refractivity contribution < 1.29 is 9.59 Å². The number of hydrogen-bond acceptors (Lipinski definition) is 5. The summed E-state index contributed by atoms with van der Waals surface area (Å²) < 4.78 is 0. The van der Waals surface area contributed by atoms with E-state index in [1.165, 1.54) is 17.3 Å². The maximum absolute atomic E-state index is 12.8. The number of carbonyl (C=O) groups is 2. The van der Waals surface area contributed by atoms with Gasteiger partial charge in [-0.15, -0.1) is 11.8 Å². The molecule has 2 amide bonds. The zero-order valence-electron chi connectivity index (χ0n) is 18.4. The number of amides is 2. The van der Waals surface area contributed by atoms with Crippen LogP contribution in [0.15, 0.2) is 83.8 Å². The third-order valence-electron chi connectivity index (χ3n) is 5.61. The van der Waals surface area contributed by atoms with Crippen molar-refractivity contribution in [2.75, 3.05) is 42.1 Å². The molecule has 0 aliphatic carbocycles. The summed E-state index contributed by atoms with van der Waals surface area (Å²) in [6.45, 7) is 4.98. The lowest BCUT2D eigenvalue weighted by molar-refractivity contribution is -0.115. The van der Waals surface area contributed by atoms with Crippen LogP contribution >= 0.6 is 11.8 Å². The first-order valence-electron chi connectivity index (χ1n) is 11.0. The topological polar surface area (TPSA) is 78.7 Å². The Morgan fingerprint density at radius 2 is 1.52 bits per heavy atom. The van der Waals surface area contributed by atoms with E-state index < -0.39 is 5.91 Å². The van der Waals surface area contributed by atoms with Crippen molar-refractivity contribution in [2.45, 2.75) is 11.4 Å². The van der Waals surface area contributed by atoms with Crippen molar-refractivity contribution in [3.63, 3.8) is 0 Å². The van der Waals surface area contributed by atoms with Gasteiger partial charge in [-0.2, -0.15) is 0 Å². The molecule has 3 aromatic carbocycles. The molecule has 1 saturated heterocycles. The van der Waals surface area contributed by atoms with Crippen molar-refractivity contribution in [1.29, 1.82) is 0 Å². The molecule has 4 rings (SSSR count). The van der Waals surface area contributed by atoms with Gasteiger partial charge in [0.15, 0.2) is 0 Å². The van der Waals surface area contributed by atoms with Crippen LogP contribution in [-0.2, 0) is 11.3 Å². The minimum atomic E-state index is -0.410. The van der Waals surface area contributed by atoms with E-state index in [0.717, 1.165) is 49.0 Å². The zero-order chi connectivity index (χ0) is 23.0. The third-order valence-corrected chi connectivity index (χ3v) is 6.71. The fourth-order valence-electron chi connectivity index (χ4n) is 3.89. The summed E-state index contributed by atoms with van der Waals surface area (Å²) >= 11 is 1.27.